The third kappa shape index (κ3) is 3.17. The molecule has 0 saturated carbocycles. The van der Waals surface area contributed by atoms with Gasteiger partial charge in [0.05, 0.1) is 18.3 Å². The van der Waals surface area contributed by atoms with Crippen LogP contribution in [0.1, 0.15) is 6.42 Å². The van der Waals surface area contributed by atoms with E-state index >= 15 is 0 Å². The molecule has 2 N–H and O–H groups in total. The SMILES string of the molecule is CN(c1cc(Br)ccc1F)C(CO)CCO. The van der Waals surface area contributed by atoms with E-state index in [0.29, 0.717) is 12.1 Å². The lowest BCUT2D eigenvalue weighted by Gasteiger charge is -2.28. The first kappa shape index (κ1) is 13.4. The lowest BCUT2D eigenvalue weighted by Crippen LogP contribution is -2.36. The Balaban J connectivity index is 2.93. The lowest BCUT2D eigenvalue weighted by molar-refractivity contribution is 0.217. The molecule has 90 valence electrons. The zero-order valence-corrected chi connectivity index (χ0v) is 10.6. The van der Waals surface area contributed by atoms with Gasteiger partial charge in [-0.1, -0.05) is 15.9 Å². The van der Waals surface area contributed by atoms with Crippen LogP contribution in [0.25, 0.3) is 0 Å². The molecule has 0 bridgehead atoms. The van der Waals surface area contributed by atoms with Crippen molar-refractivity contribution in [3.8, 4) is 0 Å². The Hall–Kier alpha value is -0.650. The molecule has 0 fully saturated rings. The molecule has 0 saturated heterocycles. The molecule has 0 heterocycles. The predicted molar refractivity (Wildman–Crippen MR) is 65.1 cm³/mol. The Bertz CT molecular complexity index is 349. The van der Waals surface area contributed by atoms with Crippen molar-refractivity contribution in [1.82, 2.24) is 0 Å². The van der Waals surface area contributed by atoms with E-state index < -0.39 is 0 Å². The third-order valence-electron chi connectivity index (χ3n) is 2.51. The number of hydrogen-bond acceptors (Lipinski definition) is 3. The van der Waals surface area contributed by atoms with Crippen molar-refractivity contribution < 1.29 is 14.6 Å². The minimum Gasteiger partial charge on any atom is -0.396 e. The van der Waals surface area contributed by atoms with Gasteiger partial charge in [-0.15, -0.1) is 0 Å². The normalized spacial score (nSPS) is 12.6. The summed E-state index contributed by atoms with van der Waals surface area (Å²) in [5.74, 6) is -0.345. The fourth-order valence-corrected chi connectivity index (χ4v) is 1.86. The number of halogens is 2. The van der Waals surface area contributed by atoms with Gasteiger partial charge in [0.25, 0.3) is 0 Å². The Labute approximate surface area is 103 Å². The topological polar surface area (TPSA) is 43.7 Å². The van der Waals surface area contributed by atoms with Gasteiger partial charge in [-0.05, 0) is 24.6 Å². The molecular formula is C11H15BrFNO2. The Morgan fingerprint density at radius 1 is 1.44 bits per heavy atom. The molecule has 1 atom stereocenters. The summed E-state index contributed by atoms with van der Waals surface area (Å²) in [6.07, 6.45) is 0.402. The first-order valence-electron chi connectivity index (χ1n) is 4.99. The molecule has 0 aliphatic carbocycles. The van der Waals surface area contributed by atoms with E-state index in [1.54, 1.807) is 24.1 Å². The average Bonchev–Trinajstić information content (AvgIpc) is 2.28. The number of nitrogens with zero attached hydrogens (tertiary/aromatic N) is 1. The second-order valence-corrected chi connectivity index (χ2v) is 4.47. The molecule has 1 aromatic rings. The van der Waals surface area contributed by atoms with E-state index in [9.17, 15) is 4.39 Å². The van der Waals surface area contributed by atoms with Crippen molar-refractivity contribution in [1.29, 1.82) is 0 Å². The molecule has 0 radical (unpaired) electrons. The van der Waals surface area contributed by atoms with Gasteiger partial charge in [-0.2, -0.15) is 0 Å². The number of aliphatic hydroxyl groups excluding tert-OH is 2. The van der Waals surface area contributed by atoms with E-state index in [4.69, 9.17) is 10.2 Å². The van der Waals surface area contributed by atoms with Crippen LogP contribution in [0.5, 0.6) is 0 Å². The van der Waals surface area contributed by atoms with Crippen LogP contribution in [0, 0.1) is 5.82 Å². The highest BCUT2D eigenvalue weighted by molar-refractivity contribution is 9.10. The van der Waals surface area contributed by atoms with Crippen LogP contribution in [0.15, 0.2) is 22.7 Å². The first-order valence-corrected chi connectivity index (χ1v) is 5.79. The molecule has 0 spiro atoms. The standard InChI is InChI=1S/C11H15BrFNO2/c1-14(9(7-16)4-5-15)11-6-8(12)2-3-10(11)13/h2-3,6,9,15-16H,4-5,7H2,1H3. The van der Waals surface area contributed by atoms with Gasteiger partial charge >= 0.3 is 0 Å². The second kappa shape index (κ2) is 6.18. The summed E-state index contributed by atoms with van der Waals surface area (Å²) >= 11 is 3.27. The molecule has 0 aliphatic rings. The maximum Gasteiger partial charge on any atom is 0.146 e. The smallest absolute Gasteiger partial charge is 0.146 e. The quantitative estimate of drug-likeness (QED) is 0.869. The van der Waals surface area contributed by atoms with Gasteiger partial charge in [-0.3, -0.25) is 0 Å². The Kier molecular flexibility index (Phi) is 5.18. The Morgan fingerprint density at radius 3 is 2.69 bits per heavy atom. The van der Waals surface area contributed by atoms with Crippen LogP contribution < -0.4 is 4.90 Å². The van der Waals surface area contributed by atoms with Crippen LogP contribution >= 0.6 is 15.9 Å². The monoisotopic (exact) mass is 291 g/mol. The summed E-state index contributed by atoms with van der Waals surface area (Å²) in [6.45, 7) is -0.159. The zero-order chi connectivity index (χ0) is 12.1. The van der Waals surface area contributed by atoms with Crippen molar-refractivity contribution in [2.24, 2.45) is 0 Å². The minimum atomic E-state index is -0.345. The summed E-state index contributed by atoms with van der Waals surface area (Å²) in [6, 6.07) is 4.35. The summed E-state index contributed by atoms with van der Waals surface area (Å²) in [7, 11) is 1.70. The number of hydrogen-bond donors (Lipinski definition) is 2. The highest BCUT2D eigenvalue weighted by atomic mass is 79.9. The van der Waals surface area contributed by atoms with Crippen LogP contribution in [0.4, 0.5) is 10.1 Å². The number of aliphatic hydroxyl groups is 2. The van der Waals surface area contributed by atoms with E-state index in [-0.39, 0.29) is 25.1 Å². The largest absolute Gasteiger partial charge is 0.396 e. The summed E-state index contributed by atoms with van der Waals surface area (Å²) in [5.41, 5.74) is 0.405. The van der Waals surface area contributed by atoms with Gasteiger partial charge in [0.15, 0.2) is 0 Å². The molecule has 0 amide bonds. The summed E-state index contributed by atoms with van der Waals surface area (Å²) in [4.78, 5) is 1.64. The fourth-order valence-electron chi connectivity index (χ4n) is 1.51. The second-order valence-electron chi connectivity index (χ2n) is 3.56. The van der Waals surface area contributed by atoms with Crippen molar-refractivity contribution in [3.63, 3.8) is 0 Å². The molecule has 3 nitrogen and oxygen atoms in total. The maximum atomic E-state index is 13.6. The number of rotatable bonds is 5. The van der Waals surface area contributed by atoms with Crippen molar-refractivity contribution >= 4 is 21.6 Å². The maximum absolute atomic E-state index is 13.6. The van der Waals surface area contributed by atoms with Crippen molar-refractivity contribution in [2.75, 3.05) is 25.2 Å². The molecule has 1 rings (SSSR count). The average molecular weight is 292 g/mol. The number of likely N-dealkylation sites (N-methyl/N-ethyl adjacent to an activating group) is 1. The molecule has 5 heteroatoms. The van der Waals surface area contributed by atoms with Gasteiger partial charge in [0.2, 0.25) is 0 Å². The van der Waals surface area contributed by atoms with Crippen LogP contribution in [-0.2, 0) is 0 Å². The first-order chi connectivity index (χ1) is 7.60. The van der Waals surface area contributed by atoms with Crippen molar-refractivity contribution in [3.05, 3.63) is 28.5 Å². The fraction of sp³-hybridized carbons (Fsp3) is 0.455. The van der Waals surface area contributed by atoms with Crippen LogP contribution in [0.2, 0.25) is 0 Å². The lowest BCUT2D eigenvalue weighted by atomic mass is 10.1. The molecular weight excluding hydrogens is 277 g/mol. The van der Waals surface area contributed by atoms with Crippen LogP contribution in [-0.4, -0.2) is 36.5 Å². The van der Waals surface area contributed by atoms with Gasteiger partial charge in [0, 0.05) is 18.1 Å². The zero-order valence-electron chi connectivity index (χ0n) is 9.03. The molecule has 0 aromatic heterocycles. The molecule has 1 unspecified atom stereocenters. The van der Waals surface area contributed by atoms with E-state index in [0.717, 1.165) is 4.47 Å². The van der Waals surface area contributed by atoms with Gasteiger partial charge in [0.1, 0.15) is 5.82 Å². The van der Waals surface area contributed by atoms with E-state index in [1.807, 2.05) is 0 Å². The van der Waals surface area contributed by atoms with Crippen LogP contribution in [0.3, 0.4) is 0 Å². The molecule has 1 aromatic carbocycles. The highest BCUT2D eigenvalue weighted by Gasteiger charge is 2.17. The van der Waals surface area contributed by atoms with Gasteiger partial charge < -0.3 is 15.1 Å². The van der Waals surface area contributed by atoms with Gasteiger partial charge in [-0.25, -0.2) is 4.39 Å². The molecule has 16 heavy (non-hydrogen) atoms. The summed E-state index contributed by atoms with van der Waals surface area (Å²) < 4.78 is 14.3. The number of anilines is 1. The third-order valence-corrected chi connectivity index (χ3v) is 3.00. The molecule has 0 aliphatic heterocycles. The van der Waals surface area contributed by atoms with Crippen molar-refractivity contribution in [2.45, 2.75) is 12.5 Å². The Morgan fingerprint density at radius 2 is 2.12 bits per heavy atom. The minimum absolute atomic E-state index is 0.0365. The highest BCUT2D eigenvalue weighted by Crippen LogP contribution is 2.25. The predicted octanol–water partition coefficient (Wildman–Crippen LogP) is 1.77. The van der Waals surface area contributed by atoms with E-state index in [2.05, 4.69) is 15.9 Å². The summed E-state index contributed by atoms with van der Waals surface area (Å²) in [5, 5.41) is 18.0. The number of benzene rings is 1. The van der Waals surface area contributed by atoms with E-state index in [1.165, 1.54) is 6.07 Å².